The van der Waals surface area contributed by atoms with Crippen LogP contribution in [0.5, 0.6) is 0 Å². The van der Waals surface area contributed by atoms with Crippen molar-refractivity contribution in [3.63, 3.8) is 0 Å². The van der Waals surface area contributed by atoms with Crippen molar-refractivity contribution < 1.29 is 9.59 Å². The van der Waals surface area contributed by atoms with Gasteiger partial charge in [0.05, 0.1) is 4.91 Å². The second-order valence-corrected chi connectivity index (χ2v) is 10.4. The van der Waals surface area contributed by atoms with Crippen LogP contribution in [0.25, 0.3) is 6.08 Å². The number of carbonyl (C=O) groups is 2. The predicted molar refractivity (Wildman–Crippen MR) is 142 cm³/mol. The summed E-state index contributed by atoms with van der Waals surface area (Å²) in [6, 6.07) is 13.3. The van der Waals surface area contributed by atoms with Crippen LogP contribution in [0.1, 0.15) is 24.1 Å². The Kier molecular flexibility index (Phi) is 8.72. The molecule has 0 radical (unpaired) electrons. The zero-order chi connectivity index (χ0) is 23.9. The van der Waals surface area contributed by atoms with Crippen LogP contribution in [0.15, 0.2) is 53.6 Å². The molecule has 0 N–H and O–H groups in total. The fourth-order valence-corrected chi connectivity index (χ4v) is 5.42. The molecule has 2 aromatic rings. The van der Waals surface area contributed by atoms with E-state index in [0.29, 0.717) is 33.6 Å². The largest absolute Gasteiger partial charge is 0.340 e. The van der Waals surface area contributed by atoms with Crippen LogP contribution in [0.3, 0.4) is 0 Å². The van der Waals surface area contributed by atoms with Gasteiger partial charge < -0.3 is 4.90 Å². The molecule has 3 heterocycles. The quantitative estimate of drug-likeness (QED) is 0.390. The molecular weight excluding hydrogens is 488 g/mol. The Morgan fingerprint density at radius 1 is 1.09 bits per heavy atom. The first kappa shape index (κ1) is 24.9. The second kappa shape index (κ2) is 11.9. The first-order chi connectivity index (χ1) is 16.5. The minimum Gasteiger partial charge on any atom is -0.340 e. The van der Waals surface area contributed by atoms with Crippen LogP contribution < -0.4 is 0 Å². The molecule has 2 aliphatic heterocycles. The molecule has 6 nitrogen and oxygen atoms in total. The van der Waals surface area contributed by atoms with Crippen molar-refractivity contribution in [2.24, 2.45) is 0 Å². The van der Waals surface area contributed by atoms with E-state index in [4.69, 9.17) is 23.8 Å². The number of thioether (sulfide) groups is 1. The SMILES string of the molecule is O=C(CCCN1C(=O)/C(=C/c2ccc(Cl)cc2)SC1=S)N1CCN(CCc2ccccn2)CC1. The van der Waals surface area contributed by atoms with Crippen molar-refractivity contribution in [2.75, 3.05) is 39.3 Å². The lowest BCUT2D eigenvalue weighted by Gasteiger charge is -2.34. The molecule has 2 amide bonds. The first-order valence-corrected chi connectivity index (χ1v) is 13.0. The highest BCUT2D eigenvalue weighted by Gasteiger charge is 2.32. The number of pyridine rings is 1. The van der Waals surface area contributed by atoms with Gasteiger partial charge in [-0.15, -0.1) is 0 Å². The van der Waals surface area contributed by atoms with Gasteiger partial charge in [-0.2, -0.15) is 0 Å². The maximum atomic E-state index is 12.8. The van der Waals surface area contributed by atoms with Gasteiger partial charge in [0.15, 0.2) is 0 Å². The molecule has 0 atom stereocenters. The summed E-state index contributed by atoms with van der Waals surface area (Å²) in [6.45, 7) is 4.65. The third kappa shape index (κ3) is 6.66. The second-order valence-electron chi connectivity index (χ2n) is 8.28. The lowest BCUT2D eigenvalue weighted by molar-refractivity contribution is -0.133. The molecule has 0 bridgehead atoms. The molecular formula is C25H27ClN4O2S2. The number of piperazine rings is 1. The molecule has 0 unspecified atom stereocenters. The van der Waals surface area contributed by atoms with E-state index in [0.717, 1.165) is 50.4 Å². The highest BCUT2D eigenvalue weighted by atomic mass is 35.5. The Morgan fingerprint density at radius 2 is 1.85 bits per heavy atom. The molecule has 0 aliphatic carbocycles. The molecule has 178 valence electrons. The Hall–Kier alpha value is -2.26. The number of carbonyl (C=O) groups excluding carboxylic acids is 2. The first-order valence-electron chi connectivity index (χ1n) is 11.4. The van der Waals surface area contributed by atoms with Gasteiger partial charge in [0.25, 0.3) is 5.91 Å². The minimum atomic E-state index is -0.0982. The van der Waals surface area contributed by atoms with E-state index in [2.05, 4.69) is 9.88 Å². The van der Waals surface area contributed by atoms with Crippen LogP contribution in [0, 0.1) is 0 Å². The lowest BCUT2D eigenvalue weighted by Crippen LogP contribution is -2.49. The maximum Gasteiger partial charge on any atom is 0.266 e. The van der Waals surface area contributed by atoms with E-state index < -0.39 is 0 Å². The monoisotopic (exact) mass is 514 g/mol. The van der Waals surface area contributed by atoms with Crippen LogP contribution in [0.2, 0.25) is 5.02 Å². The zero-order valence-electron chi connectivity index (χ0n) is 18.9. The lowest BCUT2D eigenvalue weighted by atomic mass is 10.2. The summed E-state index contributed by atoms with van der Waals surface area (Å²) in [6.07, 6.45) is 5.59. The molecule has 34 heavy (non-hydrogen) atoms. The number of nitrogens with zero attached hydrogens (tertiary/aromatic N) is 4. The van der Waals surface area contributed by atoms with Gasteiger partial charge in [0.1, 0.15) is 4.32 Å². The Morgan fingerprint density at radius 3 is 2.56 bits per heavy atom. The molecule has 1 aromatic carbocycles. The van der Waals surface area contributed by atoms with Gasteiger partial charge in [-0.25, -0.2) is 0 Å². The molecule has 2 fully saturated rings. The van der Waals surface area contributed by atoms with Gasteiger partial charge in [-0.1, -0.05) is 53.8 Å². The molecule has 4 rings (SSSR count). The van der Waals surface area contributed by atoms with Crippen LogP contribution in [0.4, 0.5) is 0 Å². The Bertz CT molecular complexity index is 1050. The van der Waals surface area contributed by atoms with Gasteiger partial charge in [-0.05, 0) is 42.3 Å². The number of benzene rings is 1. The normalized spacial score (nSPS) is 18.2. The van der Waals surface area contributed by atoms with Crippen molar-refractivity contribution in [2.45, 2.75) is 19.3 Å². The number of hydrogen-bond acceptors (Lipinski definition) is 6. The van der Waals surface area contributed by atoms with E-state index in [1.54, 1.807) is 17.0 Å². The van der Waals surface area contributed by atoms with Crippen molar-refractivity contribution in [1.29, 1.82) is 0 Å². The average Bonchev–Trinajstić information content (AvgIpc) is 3.12. The molecule has 2 saturated heterocycles. The summed E-state index contributed by atoms with van der Waals surface area (Å²) >= 11 is 12.6. The summed E-state index contributed by atoms with van der Waals surface area (Å²) in [5.41, 5.74) is 2.00. The van der Waals surface area contributed by atoms with E-state index in [1.165, 1.54) is 11.8 Å². The van der Waals surface area contributed by atoms with Crippen molar-refractivity contribution in [3.05, 3.63) is 69.8 Å². The third-order valence-electron chi connectivity index (χ3n) is 5.95. The summed E-state index contributed by atoms with van der Waals surface area (Å²) in [4.78, 5) is 36.4. The third-order valence-corrected chi connectivity index (χ3v) is 7.58. The number of amides is 2. The number of thiocarbonyl (C=S) groups is 1. The average molecular weight is 515 g/mol. The summed E-state index contributed by atoms with van der Waals surface area (Å²) in [5.74, 6) is 0.0467. The van der Waals surface area contributed by atoms with E-state index in [1.807, 2.05) is 47.5 Å². The molecule has 9 heteroatoms. The van der Waals surface area contributed by atoms with Crippen molar-refractivity contribution in [1.82, 2.24) is 19.7 Å². The van der Waals surface area contributed by atoms with Crippen LogP contribution in [-0.2, 0) is 16.0 Å². The van der Waals surface area contributed by atoms with Crippen LogP contribution in [-0.4, -0.2) is 75.1 Å². The highest BCUT2D eigenvalue weighted by Crippen LogP contribution is 2.32. The number of rotatable bonds is 8. The van der Waals surface area contributed by atoms with Gasteiger partial charge >= 0.3 is 0 Å². The minimum absolute atomic E-state index is 0.0982. The topological polar surface area (TPSA) is 56.8 Å². The fourth-order valence-electron chi connectivity index (χ4n) is 3.99. The van der Waals surface area contributed by atoms with E-state index in [-0.39, 0.29) is 11.8 Å². The zero-order valence-corrected chi connectivity index (χ0v) is 21.2. The highest BCUT2D eigenvalue weighted by molar-refractivity contribution is 8.26. The summed E-state index contributed by atoms with van der Waals surface area (Å²) < 4.78 is 0.541. The van der Waals surface area contributed by atoms with E-state index >= 15 is 0 Å². The van der Waals surface area contributed by atoms with Crippen molar-refractivity contribution >= 4 is 57.8 Å². The maximum absolute atomic E-state index is 12.8. The molecule has 0 spiro atoms. The number of halogens is 1. The number of aromatic nitrogens is 1. The fraction of sp³-hybridized carbons (Fsp3) is 0.360. The Balaban J connectivity index is 1.18. The van der Waals surface area contributed by atoms with Gasteiger partial charge in [0.2, 0.25) is 5.91 Å². The van der Waals surface area contributed by atoms with Crippen LogP contribution >= 0.6 is 35.6 Å². The molecule has 1 aromatic heterocycles. The molecule has 2 aliphatic rings. The van der Waals surface area contributed by atoms with Gasteiger partial charge in [-0.3, -0.25) is 24.4 Å². The predicted octanol–water partition coefficient (Wildman–Crippen LogP) is 4.10. The smallest absolute Gasteiger partial charge is 0.266 e. The Labute approximate surface area is 215 Å². The summed E-state index contributed by atoms with van der Waals surface area (Å²) in [5, 5.41) is 0.653. The number of hydrogen-bond donors (Lipinski definition) is 0. The van der Waals surface area contributed by atoms with Gasteiger partial charge in [0, 0.05) is 69.0 Å². The summed E-state index contributed by atoms with van der Waals surface area (Å²) in [7, 11) is 0. The van der Waals surface area contributed by atoms with Crippen molar-refractivity contribution in [3.8, 4) is 0 Å². The van der Waals surface area contributed by atoms with E-state index in [9.17, 15) is 9.59 Å². The molecule has 0 saturated carbocycles. The standard InChI is InChI=1S/C25H27ClN4O2S2/c26-20-8-6-19(7-9-20)18-22-24(32)30(25(33)34-22)12-3-5-23(31)29-16-14-28(15-17-29)13-10-21-4-1-2-11-27-21/h1-2,4,6-9,11,18H,3,5,10,12-17H2/b22-18-.